The molecule has 4 N–H and O–H groups in total. The fourth-order valence-electron chi connectivity index (χ4n) is 2.77. The molecule has 0 bridgehead atoms. The molecule has 2 atom stereocenters. The molecule has 0 amide bonds. The SMILES string of the molecule is Nc1nc(NC2CCCCC2CO)c2ccsc2n1. The van der Waals surface area contributed by atoms with Crippen LogP contribution in [0.15, 0.2) is 11.4 Å². The topological polar surface area (TPSA) is 84.1 Å². The Labute approximate surface area is 115 Å². The second kappa shape index (κ2) is 5.30. The van der Waals surface area contributed by atoms with Gasteiger partial charge in [0.15, 0.2) is 0 Å². The van der Waals surface area contributed by atoms with E-state index in [9.17, 15) is 5.11 Å². The van der Waals surface area contributed by atoms with E-state index in [-0.39, 0.29) is 12.6 Å². The van der Waals surface area contributed by atoms with Crippen LogP contribution in [0.3, 0.4) is 0 Å². The van der Waals surface area contributed by atoms with Crippen molar-refractivity contribution >= 4 is 33.3 Å². The number of hydrogen-bond acceptors (Lipinski definition) is 6. The molecule has 0 radical (unpaired) electrons. The summed E-state index contributed by atoms with van der Waals surface area (Å²) < 4.78 is 0. The molecule has 1 saturated carbocycles. The first-order valence-electron chi connectivity index (χ1n) is 6.66. The lowest BCUT2D eigenvalue weighted by Gasteiger charge is -2.31. The third-order valence-corrected chi connectivity index (χ3v) is 4.61. The van der Waals surface area contributed by atoms with Gasteiger partial charge in [-0.25, -0.2) is 4.98 Å². The molecule has 2 aromatic heterocycles. The van der Waals surface area contributed by atoms with Crippen molar-refractivity contribution in [1.29, 1.82) is 0 Å². The number of nitrogens with two attached hydrogens (primary N) is 1. The molecule has 2 unspecified atom stereocenters. The van der Waals surface area contributed by atoms with Gasteiger partial charge in [-0.2, -0.15) is 4.98 Å². The monoisotopic (exact) mass is 278 g/mol. The quantitative estimate of drug-likeness (QED) is 0.802. The second-order valence-corrected chi connectivity index (χ2v) is 5.94. The van der Waals surface area contributed by atoms with Crippen molar-refractivity contribution in [2.75, 3.05) is 17.7 Å². The van der Waals surface area contributed by atoms with Crippen molar-refractivity contribution in [3.63, 3.8) is 0 Å². The second-order valence-electron chi connectivity index (χ2n) is 5.05. The normalized spacial score (nSPS) is 23.6. The van der Waals surface area contributed by atoms with Crippen molar-refractivity contribution in [3.05, 3.63) is 11.4 Å². The van der Waals surface area contributed by atoms with Crippen LogP contribution in [0.1, 0.15) is 25.7 Å². The van der Waals surface area contributed by atoms with E-state index in [1.807, 2.05) is 11.4 Å². The summed E-state index contributed by atoms with van der Waals surface area (Å²) in [5.74, 6) is 1.40. The van der Waals surface area contributed by atoms with Crippen LogP contribution < -0.4 is 11.1 Å². The first-order chi connectivity index (χ1) is 9.28. The van der Waals surface area contributed by atoms with Gasteiger partial charge in [-0.1, -0.05) is 12.8 Å². The Kier molecular flexibility index (Phi) is 3.52. The van der Waals surface area contributed by atoms with Crippen molar-refractivity contribution < 1.29 is 5.11 Å². The largest absolute Gasteiger partial charge is 0.396 e. The van der Waals surface area contributed by atoms with E-state index < -0.39 is 0 Å². The standard InChI is InChI=1S/C13H18N4OS/c14-13-16-11(9-5-6-19-12(9)17-13)15-10-4-2-1-3-8(10)7-18/h5-6,8,10,18H,1-4,7H2,(H3,14,15,16,17). The third kappa shape index (κ3) is 2.50. The number of nitrogens with one attached hydrogen (secondary N) is 1. The summed E-state index contributed by atoms with van der Waals surface area (Å²) in [6.07, 6.45) is 4.53. The molecule has 3 rings (SSSR count). The van der Waals surface area contributed by atoms with Gasteiger partial charge in [-0.3, -0.25) is 0 Å². The minimum absolute atomic E-state index is 0.227. The van der Waals surface area contributed by atoms with Crippen molar-refractivity contribution in [2.45, 2.75) is 31.7 Å². The number of aliphatic hydroxyl groups is 1. The molecule has 1 fully saturated rings. The predicted octanol–water partition coefficient (Wildman–Crippen LogP) is 2.24. The molecule has 5 nitrogen and oxygen atoms in total. The molecule has 6 heteroatoms. The number of fused-ring (bicyclic) bond motifs is 1. The third-order valence-electron chi connectivity index (χ3n) is 3.81. The summed E-state index contributed by atoms with van der Waals surface area (Å²) in [5, 5.41) is 15.9. The van der Waals surface area contributed by atoms with Gasteiger partial charge < -0.3 is 16.2 Å². The highest BCUT2D eigenvalue weighted by Gasteiger charge is 2.25. The first-order valence-corrected chi connectivity index (χ1v) is 7.54. The van der Waals surface area contributed by atoms with Crippen LogP contribution >= 0.6 is 11.3 Å². The Morgan fingerprint density at radius 1 is 1.37 bits per heavy atom. The lowest BCUT2D eigenvalue weighted by atomic mass is 9.85. The van der Waals surface area contributed by atoms with Gasteiger partial charge in [0.05, 0.1) is 5.39 Å². The molecule has 0 spiro atoms. The maximum absolute atomic E-state index is 9.47. The van der Waals surface area contributed by atoms with E-state index >= 15 is 0 Å². The minimum atomic E-state index is 0.227. The maximum atomic E-state index is 9.47. The summed E-state index contributed by atoms with van der Waals surface area (Å²) in [6, 6.07) is 2.29. The number of thiophene rings is 1. The molecular formula is C13H18N4OS. The average molecular weight is 278 g/mol. The highest BCUT2D eigenvalue weighted by Crippen LogP contribution is 2.30. The minimum Gasteiger partial charge on any atom is -0.396 e. The van der Waals surface area contributed by atoms with Gasteiger partial charge in [-0.05, 0) is 24.3 Å². The Hall–Kier alpha value is -1.40. The summed E-state index contributed by atoms with van der Waals surface area (Å²) in [5.41, 5.74) is 5.75. The molecule has 0 aromatic carbocycles. The molecule has 1 aliphatic rings. The number of anilines is 2. The molecule has 19 heavy (non-hydrogen) atoms. The van der Waals surface area contributed by atoms with E-state index in [0.29, 0.717) is 11.9 Å². The Balaban J connectivity index is 1.89. The zero-order chi connectivity index (χ0) is 13.2. The Morgan fingerprint density at radius 3 is 3.05 bits per heavy atom. The molecule has 2 heterocycles. The smallest absolute Gasteiger partial charge is 0.223 e. The molecule has 102 valence electrons. The van der Waals surface area contributed by atoms with Crippen LogP contribution in [-0.2, 0) is 0 Å². The van der Waals surface area contributed by atoms with E-state index in [1.54, 1.807) is 11.3 Å². The number of rotatable bonds is 3. The van der Waals surface area contributed by atoms with Gasteiger partial charge in [0, 0.05) is 18.6 Å². The first kappa shape index (κ1) is 12.6. The number of aromatic nitrogens is 2. The lowest BCUT2D eigenvalue weighted by Crippen LogP contribution is -2.34. The summed E-state index contributed by atoms with van der Waals surface area (Å²) in [6.45, 7) is 0.227. The van der Waals surface area contributed by atoms with Gasteiger partial charge >= 0.3 is 0 Å². The van der Waals surface area contributed by atoms with Crippen LogP contribution in [0, 0.1) is 5.92 Å². The van der Waals surface area contributed by atoms with Crippen LogP contribution in [0.5, 0.6) is 0 Å². The van der Waals surface area contributed by atoms with Crippen LogP contribution in [0.2, 0.25) is 0 Å². The molecule has 0 saturated heterocycles. The molecule has 0 aliphatic heterocycles. The van der Waals surface area contributed by atoms with E-state index in [0.717, 1.165) is 28.9 Å². The summed E-state index contributed by atoms with van der Waals surface area (Å²) in [7, 11) is 0. The molecule has 1 aliphatic carbocycles. The van der Waals surface area contributed by atoms with E-state index in [4.69, 9.17) is 5.73 Å². The van der Waals surface area contributed by atoms with Crippen LogP contribution in [0.4, 0.5) is 11.8 Å². The van der Waals surface area contributed by atoms with Crippen molar-refractivity contribution in [2.24, 2.45) is 5.92 Å². The van der Waals surface area contributed by atoms with Gasteiger partial charge in [-0.15, -0.1) is 11.3 Å². The van der Waals surface area contributed by atoms with E-state index in [1.165, 1.54) is 12.8 Å². The Morgan fingerprint density at radius 2 is 2.21 bits per heavy atom. The average Bonchev–Trinajstić information content (AvgIpc) is 2.87. The molecular weight excluding hydrogens is 260 g/mol. The number of aliphatic hydroxyl groups excluding tert-OH is 1. The number of hydrogen-bond donors (Lipinski definition) is 3. The van der Waals surface area contributed by atoms with Crippen molar-refractivity contribution in [1.82, 2.24) is 9.97 Å². The summed E-state index contributed by atoms with van der Waals surface area (Å²) >= 11 is 1.56. The highest BCUT2D eigenvalue weighted by molar-refractivity contribution is 7.16. The number of nitrogen functional groups attached to an aromatic ring is 1. The van der Waals surface area contributed by atoms with Gasteiger partial charge in [0.1, 0.15) is 10.6 Å². The predicted molar refractivity (Wildman–Crippen MR) is 78.3 cm³/mol. The fraction of sp³-hybridized carbons (Fsp3) is 0.538. The maximum Gasteiger partial charge on any atom is 0.223 e. The highest BCUT2D eigenvalue weighted by atomic mass is 32.1. The molecule has 2 aromatic rings. The lowest BCUT2D eigenvalue weighted by molar-refractivity contribution is 0.178. The Bertz CT molecular complexity index is 571. The van der Waals surface area contributed by atoms with Gasteiger partial charge in [0.25, 0.3) is 0 Å². The zero-order valence-corrected chi connectivity index (χ0v) is 11.5. The van der Waals surface area contributed by atoms with Crippen molar-refractivity contribution in [3.8, 4) is 0 Å². The summed E-state index contributed by atoms with van der Waals surface area (Å²) in [4.78, 5) is 9.45. The fourth-order valence-corrected chi connectivity index (χ4v) is 3.54. The van der Waals surface area contributed by atoms with Crippen LogP contribution in [0.25, 0.3) is 10.2 Å². The van der Waals surface area contributed by atoms with Gasteiger partial charge in [0.2, 0.25) is 5.95 Å². The zero-order valence-electron chi connectivity index (χ0n) is 10.7. The van der Waals surface area contributed by atoms with Crippen LogP contribution in [-0.4, -0.2) is 27.7 Å². The van der Waals surface area contributed by atoms with E-state index in [2.05, 4.69) is 15.3 Å². The number of nitrogens with zero attached hydrogens (tertiary/aromatic N) is 2.